The molecule has 1 aromatic carbocycles. The number of hydrogen-bond acceptors (Lipinski definition) is 9. The van der Waals surface area contributed by atoms with Crippen molar-refractivity contribution in [3.05, 3.63) is 90.6 Å². The maximum atomic E-state index is 12.8. The van der Waals surface area contributed by atoms with E-state index in [9.17, 15) is 10.0 Å². The van der Waals surface area contributed by atoms with Crippen LogP contribution < -0.4 is 20.1 Å². The summed E-state index contributed by atoms with van der Waals surface area (Å²) < 4.78 is 6.85. The maximum absolute atomic E-state index is 12.8. The molecule has 3 aromatic heterocycles. The number of fused-ring (bicyclic) bond motifs is 1. The van der Waals surface area contributed by atoms with Gasteiger partial charge in [-0.15, -0.1) is 4.98 Å². The molecule has 3 N–H and O–H groups in total. The SMILES string of the molecule is CC(=O)[C@H](CCN(CCCCc1ccc2c(n1)NCCC2)CCOc1ccccn1)Nc1c(-c2ccccc2)cnc[n+]1O. The van der Waals surface area contributed by atoms with Gasteiger partial charge in [-0.3, -0.25) is 15.0 Å². The van der Waals surface area contributed by atoms with E-state index in [1.807, 2.05) is 48.5 Å². The van der Waals surface area contributed by atoms with Crippen LogP contribution in [0.1, 0.15) is 43.9 Å². The van der Waals surface area contributed by atoms with Crippen LogP contribution in [0.2, 0.25) is 0 Å². The van der Waals surface area contributed by atoms with Gasteiger partial charge in [-0.2, -0.15) is 0 Å². The fraction of sp³-hybridized carbons (Fsp3) is 0.382. The lowest BCUT2D eigenvalue weighted by Gasteiger charge is -2.24. The first-order valence-electron chi connectivity index (χ1n) is 15.5. The molecule has 0 saturated carbocycles. The van der Waals surface area contributed by atoms with E-state index in [0.717, 1.165) is 67.0 Å². The van der Waals surface area contributed by atoms with Gasteiger partial charge in [0.25, 0.3) is 12.1 Å². The van der Waals surface area contributed by atoms with Crippen LogP contribution in [0.5, 0.6) is 5.88 Å². The Morgan fingerprint density at radius 3 is 2.77 bits per heavy atom. The standard InChI is InChI=1S/C34H41N7O3/c1-26(42)31(39-34-30(24-35-25-41(34)43)27-10-3-2-4-11-27)17-21-40(22-23-44-32-14-5-7-18-36-32)20-8-6-13-29-16-15-28-12-9-19-37-33(28)38-29/h2-5,7,10-11,14-16,18,24-25,31,43H,6,8-9,12-13,17,19-23H2,1H3,(H,37,38)/p+1/t31-/m0/s1. The van der Waals surface area contributed by atoms with Crippen molar-refractivity contribution >= 4 is 17.4 Å². The molecule has 10 heteroatoms. The van der Waals surface area contributed by atoms with Crippen LogP contribution in [-0.4, -0.2) is 69.7 Å². The van der Waals surface area contributed by atoms with Gasteiger partial charge in [0.05, 0.1) is 5.56 Å². The number of ketones is 1. The lowest BCUT2D eigenvalue weighted by Crippen LogP contribution is -2.41. The molecule has 1 aliphatic rings. The highest BCUT2D eigenvalue weighted by Gasteiger charge is 2.25. The van der Waals surface area contributed by atoms with Gasteiger partial charge in [-0.05, 0) is 68.8 Å². The van der Waals surface area contributed by atoms with Crippen molar-refractivity contribution in [1.29, 1.82) is 0 Å². The number of rotatable bonds is 16. The lowest BCUT2D eigenvalue weighted by molar-refractivity contribution is -0.895. The number of nitrogens with one attached hydrogen (secondary N) is 2. The van der Waals surface area contributed by atoms with Crippen LogP contribution in [0.3, 0.4) is 0 Å². The molecule has 230 valence electrons. The minimum atomic E-state index is -0.496. The topological polar surface area (TPSA) is 116 Å². The molecule has 1 atom stereocenters. The van der Waals surface area contributed by atoms with Crippen molar-refractivity contribution in [2.24, 2.45) is 0 Å². The highest BCUT2D eigenvalue weighted by molar-refractivity contribution is 5.85. The summed E-state index contributed by atoms with van der Waals surface area (Å²) in [7, 11) is 0. The Morgan fingerprint density at radius 1 is 1.09 bits per heavy atom. The summed E-state index contributed by atoms with van der Waals surface area (Å²) >= 11 is 0. The Bertz CT molecular complexity index is 1490. The first-order valence-corrected chi connectivity index (χ1v) is 15.5. The largest absolute Gasteiger partial charge is 0.476 e. The molecule has 0 fully saturated rings. The zero-order chi connectivity index (χ0) is 30.6. The van der Waals surface area contributed by atoms with Gasteiger partial charge in [-0.1, -0.05) is 47.2 Å². The van der Waals surface area contributed by atoms with Crippen LogP contribution >= 0.6 is 0 Å². The minimum absolute atomic E-state index is 0.00222. The average molecular weight is 597 g/mol. The number of carbonyl (C=O) groups is 1. The van der Waals surface area contributed by atoms with Crippen LogP contribution in [0.4, 0.5) is 11.6 Å². The summed E-state index contributed by atoms with van der Waals surface area (Å²) in [5.74, 6) is 2.07. The quantitative estimate of drug-likeness (QED) is 0.0971. The number of carbonyl (C=O) groups excluding carboxylic acids is 1. The highest BCUT2D eigenvalue weighted by Crippen LogP contribution is 2.25. The minimum Gasteiger partial charge on any atom is -0.476 e. The zero-order valence-corrected chi connectivity index (χ0v) is 25.4. The van der Waals surface area contributed by atoms with E-state index in [4.69, 9.17) is 9.72 Å². The van der Waals surface area contributed by atoms with Gasteiger partial charge in [0.15, 0.2) is 5.78 Å². The number of anilines is 2. The van der Waals surface area contributed by atoms with Gasteiger partial charge in [0.2, 0.25) is 5.88 Å². The highest BCUT2D eigenvalue weighted by atomic mass is 16.5. The molecule has 0 amide bonds. The Hall–Kier alpha value is -4.57. The number of nitrogens with zero attached hydrogens (tertiary/aromatic N) is 5. The predicted octanol–water partition coefficient (Wildman–Crippen LogP) is 4.59. The van der Waals surface area contributed by atoms with Crippen LogP contribution in [-0.2, 0) is 17.6 Å². The van der Waals surface area contributed by atoms with Crippen molar-refractivity contribution in [3.63, 3.8) is 0 Å². The van der Waals surface area contributed by atoms with Crippen LogP contribution in [0.25, 0.3) is 11.1 Å². The Labute approximate surface area is 259 Å². The van der Waals surface area contributed by atoms with E-state index in [2.05, 4.69) is 37.6 Å². The molecule has 44 heavy (non-hydrogen) atoms. The summed E-state index contributed by atoms with van der Waals surface area (Å²) in [5.41, 5.74) is 4.04. The molecular weight excluding hydrogens is 554 g/mol. The molecule has 1 aliphatic heterocycles. The average Bonchev–Trinajstić information content (AvgIpc) is 3.05. The first kappa shape index (κ1) is 30.9. The number of unbranched alkanes of at least 4 members (excludes halogenated alkanes) is 1. The van der Waals surface area contributed by atoms with E-state index in [1.165, 1.54) is 11.9 Å². The second kappa shape index (κ2) is 15.8. The monoisotopic (exact) mass is 596 g/mol. The third kappa shape index (κ3) is 8.73. The third-order valence-corrected chi connectivity index (χ3v) is 7.89. The second-order valence-electron chi connectivity index (χ2n) is 11.1. The van der Waals surface area contributed by atoms with E-state index >= 15 is 0 Å². The summed E-state index contributed by atoms with van der Waals surface area (Å²) in [6.07, 6.45) is 10.5. The van der Waals surface area contributed by atoms with Gasteiger partial charge < -0.3 is 15.3 Å². The number of aromatic nitrogens is 4. The van der Waals surface area contributed by atoms with Crippen molar-refractivity contribution in [1.82, 2.24) is 19.9 Å². The summed E-state index contributed by atoms with van der Waals surface area (Å²) in [6, 6.07) is 19.2. The van der Waals surface area contributed by atoms with E-state index < -0.39 is 6.04 Å². The van der Waals surface area contributed by atoms with E-state index in [-0.39, 0.29) is 5.78 Å². The number of benzene rings is 1. The summed E-state index contributed by atoms with van der Waals surface area (Å²) in [4.78, 5) is 28.4. The summed E-state index contributed by atoms with van der Waals surface area (Å²) in [5, 5.41) is 17.4. The van der Waals surface area contributed by atoms with Crippen molar-refractivity contribution < 1.29 is 19.5 Å². The molecule has 0 bridgehead atoms. The number of Topliss-reactive ketones (excluding diaryl/α,β-unsaturated/α-hetero) is 1. The fourth-order valence-electron chi connectivity index (χ4n) is 5.44. The van der Waals surface area contributed by atoms with E-state index in [0.29, 0.717) is 43.4 Å². The Morgan fingerprint density at radius 2 is 1.95 bits per heavy atom. The normalized spacial score (nSPS) is 13.1. The molecule has 0 spiro atoms. The van der Waals surface area contributed by atoms with Gasteiger partial charge >= 0.3 is 0 Å². The Kier molecular flexibility index (Phi) is 11.1. The van der Waals surface area contributed by atoms with Crippen LogP contribution in [0.15, 0.2) is 79.4 Å². The Balaban J connectivity index is 1.20. The molecule has 5 rings (SSSR count). The molecule has 0 unspecified atom stereocenters. The van der Waals surface area contributed by atoms with Crippen LogP contribution in [0, 0.1) is 0 Å². The maximum Gasteiger partial charge on any atom is 0.271 e. The fourth-order valence-corrected chi connectivity index (χ4v) is 5.44. The lowest BCUT2D eigenvalue weighted by atomic mass is 10.1. The molecule has 0 aliphatic carbocycles. The zero-order valence-electron chi connectivity index (χ0n) is 25.4. The number of aryl methyl sites for hydroxylation is 2. The number of ether oxygens (including phenoxy) is 1. The van der Waals surface area contributed by atoms with Gasteiger partial charge in [0.1, 0.15) is 24.7 Å². The number of pyridine rings is 2. The first-order chi connectivity index (χ1) is 21.6. The summed E-state index contributed by atoms with van der Waals surface area (Å²) in [6.45, 7) is 5.31. The van der Waals surface area contributed by atoms with Gasteiger partial charge in [0, 0.05) is 44.0 Å². The van der Waals surface area contributed by atoms with Crippen molar-refractivity contribution in [2.45, 2.75) is 51.5 Å². The molecule has 10 nitrogen and oxygen atoms in total. The number of hydrogen-bond donors (Lipinski definition) is 3. The smallest absolute Gasteiger partial charge is 0.271 e. The van der Waals surface area contributed by atoms with Crippen molar-refractivity contribution in [2.75, 3.05) is 43.4 Å². The van der Waals surface area contributed by atoms with Gasteiger partial charge in [-0.25, -0.2) is 9.97 Å². The van der Waals surface area contributed by atoms with Crippen molar-refractivity contribution in [3.8, 4) is 17.0 Å². The third-order valence-electron chi connectivity index (χ3n) is 7.89. The van der Waals surface area contributed by atoms with E-state index in [1.54, 1.807) is 19.3 Å². The molecule has 4 aromatic rings. The molecule has 4 heterocycles. The predicted molar refractivity (Wildman–Crippen MR) is 170 cm³/mol. The molecule has 0 saturated heterocycles. The molecule has 0 radical (unpaired) electrons. The molecular formula is C34H42N7O3+. The second-order valence-corrected chi connectivity index (χ2v) is 11.1.